The van der Waals surface area contributed by atoms with Gasteiger partial charge in [-0.3, -0.25) is 0 Å². The molecule has 7 nitrogen and oxygen atoms in total. The van der Waals surface area contributed by atoms with Crippen molar-refractivity contribution >= 4 is 16.7 Å². The third-order valence-corrected chi connectivity index (χ3v) is 5.44. The zero-order valence-electron chi connectivity index (χ0n) is 16.9. The molecule has 2 aliphatic rings. The van der Waals surface area contributed by atoms with Gasteiger partial charge in [-0.25, -0.2) is 9.67 Å². The highest BCUT2D eigenvalue weighted by Gasteiger charge is 2.21. The Morgan fingerprint density at radius 3 is 2.69 bits per heavy atom. The molecular formula is C22H26N4O3. The molecular weight excluding hydrogens is 368 g/mol. The number of hydrogen-bond donors (Lipinski definition) is 0. The highest BCUT2D eigenvalue weighted by atomic mass is 16.7. The van der Waals surface area contributed by atoms with Crippen molar-refractivity contribution in [2.24, 2.45) is 0 Å². The molecule has 4 heterocycles. The van der Waals surface area contributed by atoms with Gasteiger partial charge < -0.3 is 19.1 Å². The van der Waals surface area contributed by atoms with Crippen LogP contribution in [0.15, 0.2) is 36.5 Å². The van der Waals surface area contributed by atoms with Gasteiger partial charge in [0, 0.05) is 31.1 Å². The van der Waals surface area contributed by atoms with Crippen LogP contribution in [0.4, 0.5) is 5.69 Å². The van der Waals surface area contributed by atoms with Crippen molar-refractivity contribution in [3.8, 4) is 17.0 Å². The highest BCUT2D eigenvalue weighted by molar-refractivity contribution is 5.92. The second-order valence-electron chi connectivity index (χ2n) is 7.78. The topological polar surface area (TPSA) is 61.6 Å². The maximum absolute atomic E-state index is 5.90. The summed E-state index contributed by atoms with van der Waals surface area (Å²) in [5.41, 5.74) is 4.01. The van der Waals surface area contributed by atoms with E-state index in [4.69, 9.17) is 19.2 Å². The van der Waals surface area contributed by atoms with E-state index in [0.29, 0.717) is 0 Å². The van der Waals surface area contributed by atoms with Gasteiger partial charge in [-0.2, -0.15) is 5.10 Å². The normalized spacial score (nSPS) is 19.6. The molecule has 5 rings (SSSR count). The minimum absolute atomic E-state index is 0.132. The fourth-order valence-electron chi connectivity index (χ4n) is 3.78. The van der Waals surface area contributed by atoms with E-state index in [1.807, 2.05) is 29.1 Å². The average Bonchev–Trinajstić information content (AvgIpc) is 3.15. The van der Waals surface area contributed by atoms with Crippen molar-refractivity contribution in [2.45, 2.75) is 32.6 Å². The minimum atomic E-state index is -0.132. The smallest absolute Gasteiger partial charge is 0.202 e. The van der Waals surface area contributed by atoms with Crippen molar-refractivity contribution < 1.29 is 14.2 Å². The summed E-state index contributed by atoms with van der Waals surface area (Å²) in [5.74, 6) is 0.805. The molecule has 0 aliphatic carbocycles. The molecule has 2 fully saturated rings. The van der Waals surface area contributed by atoms with Gasteiger partial charge in [0.2, 0.25) is 6.29 Å². The second-order valence-corrected chi connectivity index (χ2v) is 7.78. The van der Waals surface area contributed by atoms with Crippen molar-refractivity contribution in [1.82, 2.24) is 14.8 Å². The van der Waals surface area contributed by atoms with E-state index < -0.39 is 0 Å². The van der Waals surface area contributed by atoms with Gasteiger partial charge in [0.05, 0.1) is 42.8 Å². The summed E-state index contributed by atoms with van der Waals surface area (Å²) < 4.78 is 18.8. The van der Waals surface area contributed by atoms with Crippen LogP contribution in [0.1, 0.15) is 26.3 Å². The van der Waals surface area contributed by atoms with Crippen LogP contribution in [-0.2, 0) is 9.47 Å². The molecule has 29 heavy (non-hydrogen) atoms. The van der Waals surface area contributed by atoms with Crippen LogP contribution in [0.2, 0.25) is 0 Å². The number of aromatic nitrogens is 3. The molecule has 1 unspecified atom stereocenters. The maximum atomic E-state index is 5.90. The molecule has 0 spiro atoms. The van der Waals surface area contributed by atoms with E-state index in [-0.39, 0.29) is 12.3 Å². The summed E-state index contributed by atoms with van der Waals surface area (Å²) in [5, 5.41) is 5.70. The van der Waals surface area contributed by atoms with E-state index >= 15 is 0 Å². The maximum Gasteiger partial charge on any atom is 0.202 e. The number of nitrogens with zero attached hydrogens (tertiary/aromatic N) is 4. The van der Waals surface area contributed by atoms with E-state index in [2.05, 4.69) is 36.0 Å². The Bertz CT molecular complexity index is 1010. The number of pyridine rings is 1. The van der Waals surface area contributed by atoms with E-state index in [9.17, 15) is 0 Å². The molecule has 2 aliphatic heterocycles. The first kappa shape index (κ1) is 18.4. The van der Waals surface area contributed by atoms with Crippen LogP contribution in [-0.4, -0.2) is 54.0 Å². The number of morpholine rings is 1. The quantitative estimate of drug-likeness (QED) is 0.658. The molecule has 1 atom stereocenters. The predicted octanol–water partition coefficient (Wildman–Crippen LogP) is 3.64. The van der Waals surface area contributed by atoms with Gasteiger partial charge in [-0.05, 0) is 32.0 Å². The lowest BCUT2D eigenvalue weighted by Gasteiger charge is -2.29. The van der Waals surface area contributed by atoms with E-state index in [0.717, 1.165) is 73.1 Å². The Balaban J connectivity index is 1.59. The monoisotopic (exact) mass is 394 g/mol. The molecule has 7 heteroatoms. The molecule has 152 valence electrons. The molecule has 2 aromatic heterocycles. The Kier molecular flexibility index (Phi) is 4.85. The van der Waals surface area contributed by atoms with Gasteiger partial charge in [0.15, 0.2) is 5.65 Å². The summed E-state index contributed by atoms with van der Waals surface area (Å²) in [6, 6.07) is 10.5. The summed E-state index contributed by atoms with van der Waals surface area (Å²) in [7, 11) is 0. The molecule has 1 aromatic carbocycles. The fraction of sp³-hybridized carbons (Fsp3) is 0.455. The average molecular weight is 394 g/mol. The zero-order valence-corrected chi connectivity index (χ0v) is 16.9. The molecule has 0 N–H and O–H groups in total. The van der Waals surface area contributed by atoms with Crippen LogP contribution >= 0.6 is 0 Å². The van der Waals surface area contributed by atoms with Crippen LogP contribution in [0.5, 0.6) is 5.75 Å². The van der Waals surface area contributed by atoms with Crippen LogP contribution in [0.25, 0.3) is 22.3 Å². The Morgan fingerprint density at radius 2 is 1.97 bits per heavy atom. The third-order valence-electron chi connectivity index (χ3n) is 5.44. The number of ether oxygens (including phenoxy) is 3. The van der Waals surface area contributed by atoms with Gasteiger partial charge in [0.25, 0.3) is 0 Å². The summed E-state index contributed by atoms with van der Waals surface area (Å²) in [6.45, 7) is 8.24. The number of anilines is 1. The fourth-order valence-corrected chi connectivity index (χ4v) is 3.78. The van der Waals surface area contributed by atoms with Crippen molar-refractivity contribution in [2.75, 3.05) is 37.8 Å². The number of benzene rings is 1. The third kappa shape index (κ3) is 3.56. The molecule has 0 bridgehead atoms. The Hall–Kier alpha value is -2.64. The van der Waals surface area contributed by atoms with Crippen molar-refractivity contribution in [1.29, 1.82) is 0 Å². The lowest BCUT2D eigenvalue weighted by Crippen LogP contribution is -2.36. The molecule has 0 saturated carbocycles. The summed E-state index contributed by atoms with van der Waals surface area (Å²) in [6.07, 6.45) is 2.74. The minimum Gasteiger partial charge on any atom is -0.465 e. The van der Waals surface area contributed by atoms with E-state index in [1.54, 1.807) is 0 Å². The lowest BCUT2D eigenvalue weighted by atomic mass is 10.1. The molecule has 0 radical (unpaired) electrons. The van der Waals surface area contributed by atoms with Crippen molar-refractivity contribution in [3.63, 3.8) is 0 Å². The molecule has 2 saturated heterocycles. The summed E-state index contributed by atoms with van der Waals surface area (Å²) >= 11 is 0. The van der Waals surface area contributed by atoms with Gasteiger partial charge >= 0.3 is 0 Å². The van der Waals surface area contributed by atoms with Crippen LogP contribution in [0.3, 0.4) is 0 Å². The van der Waals surface area contributed by atoms with Gasteiger partial charge in [-0.1, -0.05) is 12.1 Å². The zero-order chi connectivity index (χ0) is 19.8. The largest absolute Gasteiger partial charge is 0.465 e. The lowest BCUT2D eigenvalue weighted by molar-refractivity contribution is -0.165. The van der Waals surface area contributed by atoms with Gasteiger partial charge in [0.1, 0.15) is 5.75 Å². The highest BCUT2D eigenvalue weighted by Crippen LogP contribution is 2.33. The molecule has 0 amide bonds. The van der Waals surface area contributed by atoms with E-state index in [1.165, 1.54) is 0 Å². The van der Waals surface area contributed by atoms with Crippen LogP contribution in [0, 0.1) is 0 Å². The number of hydrogen-bond acceptors (Lipinski definition) is 6. The number of rotatable bonds is 5. The van der Waals surface area contributed by atoms with Crippen molar-refractivity contribution in [3.05, 3.63) is 36.5 Å². The first-order valence-electron chi connectivity index (χ1n) is 10.3. The summed E-state index contributed by atoms with van der Waals surface area (Å²) in [4.78, 5) is 7.36. The first-order chi connectivity index (χ1) is 14.2. The Labute approximate surface area is 170 Å². The first-order valence-corrected chi connectivity index (χ1v) is 10.3. The number of fused-ring (bicyclic) bond motifs is 1. The predicted molar refractivity (Wildman–Crippen MR) is 111 cm³/mol. The SMILES string of the molecule is CC(C)n1ncc2c(N3CCOCC3)cc(-c3cccc(OC4CCO4)c3)nc21. The second kappa shape index (κ2) is 7.65. The molecule has 3 aromatic rings. The van der Waals surface area contributed by atoms with Gasteiger partial charge in [-0.15, -0.1) is 0 Å². The Morgan fingerprint density at radius 1 is 1.14 bits per heavy atom. The van der Waals surface area contributed by atoms with Crippen LogP contribution < -0.4 is 9.64 Å². The standard InChI is InChI=1S/C22H26N4O3/c1-15(2)26-22-18(14-23-26)20(25-7-10-27-11-8-25)13-19(24-22)16-4-3-5-17(12-16)29-21-6-9-28-21/h3-5,12-15,21H,6-11H2,1-2H3.